The van der Waals surface area contributed by atoms with Crippen molar-refractivity contribution in [2.45, 2.75) is 6.42 Å². The fraction of sp³-hybridized carbons (Fsp3) is 0.0952. The van der Waals surface area contributed by atoms with Crippen molar-refractivity contribution in [1.82, 2.24) is 0 Å². The van der Waals surface area contributed by atoms with E-state index in [4.69, 9.17) is 11.6 Å². The van der Waals surface area contributed by atoms with Crippen LogP contribution in [0.2, 0.25) is 5.02 Å². The summed E-state index contributed by atoms with van der Waals surface area (Å²) in [6.45, 7) is 0.862. The number of benzene rings is 3. The summed E-state index contributed by atoms with van der Waals surface area (Å²) in [5.41, 5.74) is 3.67. The van der Waals surface area contributed by atoms with E-state index in [0.717, 1.165) is 24.3 Å². The van der Waals surface area contributed by atoms with Crippen molar-refractivity contribution in [3.63, 3.8) is 0 Å². The van der Waals surface area contributed by atoms with Crippen LogP contribution >= 0.6 is 11.6 Å². The number of halogens is 1. The van der Waals surface area contributed by atoms with Crippen LogP contribution in [-0.4, -0.2) is 12.5 Å². The largest absolute Gasteiger partial charge is 0.385 e. The molecule has 25 heavy (non-hydrogen) atoms. The first-order valence-corrected chi connectivity index (χ1v) is 8.53. The van der Waals surface area contributed by atoms with Crippen LogP contribution in [0.3, 0.4) is 0 Å². The maximum atomic E-state index is 12.2. The van der Waals surface area contributed by atoms with Crippen molar-refractivity contribution in [2.75, 3.05) is 17.2 Å². The molecule has 3 aromatic carbocycles. The van der Waals surface area contributed by atoms with Gasteiger partial charge < -0.3 is 10.6 Å². The van der Waals surface area contributed by atoms with E-state index in [9.17, 15) is 4.79 Å². The zero-order valence-corrected chi connectivity index (χ0v) is 14.5. The van der Waals surface area contributed by atoms with Crippen LogP contribution in [0.25, 0.3) is 0 Å². The van der Waals surface area contributed by atoms with E-state index in [-0.39, 0.29) is 5.91 Å². The number of carbonyl (C=O) groups excluding carboxylic acids is 1. The van der Waals surface area contributed by atoms with Crippen molar-refractivity contribution < 1.29 is 4.79 Å². The van der Waals surface area contributed by atoms with E-state index in [1.165, 1.54) is 5.56 Å². The molecule has 4 heteroatoms. The molecule has 3 aromatic rings. The van der Waals surface area contributed by atoms with Crippen LogP contribution < -0.4 is 10.6 Å². The average Bonchev–Trinajstić information content (AvgIpc) is 2.64. The van der Waals surface area contributed by atoms with Crippen molar-refractivity contribution >= 4 is 28.9 Å². The van der Waals surface area contributed by atoms with Crippen LogP contribution in [0.1, 0.15) is 15.9 Å². The molecule has 2 N–H and O–H groups in total. The van der Waals surface area contributed by atoms with Gasteiger partial charge in [-0.2, -0.15) is 0 Å². The number of hydrogen-bond acceptors (Lipinski definition) is 2. The van der Waals surface area contributed by atoms with Gasteiger partial charge in [0, 0.05) is 28.5 Å². The Morgan fingerprint density at radius 2 is 1.44 bits per heavy atom. The summed E-state index contributed by atoms with van der Waals surface area (Å²) in [6, 6.07) is 24.9. The first kappa shape index (κ1) is 17.1. The minimum absolute atomic E-state index is 0.151. The normalized spacial score (nSPS) is 10.3. The number of nitrogens with one attached hydrogen (secondary N) is 2. The molecule has 0 heterocycles. The lowest BCUT2D eigenvalue weighted by Crippen LogP contribution is -2.11. The van der Waals surface area contributed by atoms with Gasteiger partial charge in [0.1, 0.15) is 0 Å². The van der Waals surface area contributed by atoms with Gasteiger partial charge >= 0.3 is 0 Å². The first-order chi connectivity index (χ1) is 12.2. The van der Waals surface area contributed by atoms with Crippen LogP contribution in [0.5, 0.6) is 0 Å². The topological polar surface area (TPSA) is 41.1 Å². The number of amides is 1. The molecule has 3 nitrogen and oxygen atoms in total. The van der Waals surface area contributed by atoms with Gasteiger partial charge in [-0.3, -0.25) is 4.79 Å². The lowest BCUT2D eigenvalue weighted by molar-refractivity contribution is 0.102. The standard InChI is InChI=1S/C21H19ClN2O/c22-18-8-6-17(7-9-18)21(25)24-20-12-10-19(11-13-20)23-15-14-16-4-2-1-3-5-16/h1-13,23H,14-15H2,(H,24,25). The molecule has 1 amide bonds. The van der Waals surface area contributed by atoms with Gasteiger partial charge in [0.2, 0.25) is 0 Å². The molecule has 3 rings (SSSR count). The highest BCUT2D eigenvalue weighted by Gasteiger charge is 2.05. The first-order valence-electron chi connectivity index (χ1n) is 8.15. The lowest BCUT2D eigenvalue weighted by atomic mass is 10.1. The molecule has 0 fully saturated rings. The Kier molecular flexibility index (Phi) is 5.70. The molecule has 0 spiro atoms. The van der Waals surface area contributed by atoms with E-state index >= 15 is 0 Å². The molecule has 0 saturated carbocycles. The second-order valence-electron chi connectivity index (χ2n) is 5.70. The summed E-state index contributed by atoms with van der Waals surface area (Å²) in [4.78, 5) is 12.2. The third-order valence-corrected chi connectivity index (χ3v) is 4.09. The molecule has 126 valence electrons. The molecule has 0 aromatic heterocycles. The molecule has 0 atom stereocenters. The van der Waals surface area contributed by atoms with Gasteiger partial charge in [-0.1, -0.05) is 41.9 Å². The Bertz CT molecular complexity index is 815. The van der Waals surface area contributed by atoms with Gasteiger partial charge in [0.15, 0.2) is 0 Å². The van der Waals surface area contributed by atoms with Gasteiger partial charge in [-0.25, -0.2) is 0 Å². The smallest absolute Gasteiger partial charge is 0.255 e. The lowest BCUT2D eigenvalue weighted by Gasteiger charge is -2.09. The molecular formula is C21H19ClN2O. The van der Waals surface area contributed by atoms with Crippen molar-refractivity contribution in [3.05, 3.63) is 95.0 Å². The van der Waals surface area contributed by atoms with E-state index in [0.29, 0.717) is 10.6 Å². The Hall–Kier alpha value is -2.78. The molecular weight excluding hydrogens is 332 g/mol. The number of rotatable bonds is 6. The Morgan fingerprint density at radius 3 is 2.12 bits per heavy atom. The van der Waals surface area contributed by atoms with E-state index < -0.39 is 0 Å². The maximum absolute atomic E-state index is 12.2. The van der Waals surface area contributed by atoms with Crippen molar-refractivity contribution in [3.8, 4) is 0 Å². The molecule has 0 unspecified atom stereocenters. The number of anilines is 2. The summed E-state index contributed by atoms with van der Waals surface area (Å²) in [5.74, 6) is -0.151. The van der Waals surface area contributed by atoms with Gasteiger partial charge in [-0.05, 0) is 60.5 Å². The van der Waals surface area contributed by atoms with Crippen LogP contribution in [0.15, 0.2) is 78.9 Å². The van der Waals surface area contributed by atoms with Gasteiger partial charge in [-0.15, -0.1) is 0 Å². The summed E-state index contributed by atoms with van der Waals surface area (Å²) in [5, 5.41) is 6.87. The molecule has 0 bridgehead atoms. The quantitative estimate of drug-likeness (QED) is 0.637. The predicted octanol–water partition coefficient (Wildman–Crippen LogP) is 5.25. The highest BCUT2D eigenvalue weighted by molar-refractivity contribution is 6.30. The summed E-state index contributed by atoms with van der Waals surface area (Å²) in [6.07, 6.45) is 0.968. The monoisotopic (exact) mass is 350 g/mol. The highest BCUT2D eigenvalue weighted by atomic mass is 35.5. The fourth-order valence-corrected chi connectivity index (χ4v) is 2.60. The van der Waals surface area contributed by atoms with Gasteiger partial charge in [0.05, 0.1) is 0 Å². The Balaban J connectivity index is 1.51. The van der Waals surface area contributed by atoms with Crippen LogP contribution in [0.4, 0.5) is 11.4 Å². The molecule has 0 aliphatic heterocycles. The van der Waals surface area contributed by atoms with E-state index in [1.807, 2.05) is 42.5 Å². The van der Waals surface area contributed by atoms with E-state index in [2.05, 4.69) is 22.8 Å². The molecule has 0 aliphatic carbocycles. The number of hydrogen-bond donors (Lipinski definition) is 2. The zero-order valence-electron chi connectivity index (χ0n) is 13.7. The average molecular weight is 351 g/mol. The molecule has 0 aliphatic rings. The minimum atomic E-state index is -0.151. The minimum Gasteiger partial charge on any atom is -0.385 e. The zero-order chi connectivity index (χ0) is 17.5. The Morgan fingerprint density at radius 1 is 0.800 bits per heavy atom. The molecule has 0 saturated heterocycles. The fourth-order valence-electron chi connectivity index (χ4n) is 2.47. The third kappa shape index (κ3) is 5.10. The van der Waals surface area contributed by atoms with Crippen LogP contribution in [0, 0.1) is 0 Å². The summed E-state index contributed by atoms with van der Waals surface area (Å²) >= 11 is 5.84. The maximum Gasteiger partial charge on any atom is 0.255 e. The second-order valence-corrected chi connectivity index (χ2v) is 6.14. The SMILES string of the molecule is O=C(Nc1ccc(NCCc2ccccc2)cc1)c1ccc(Cl)cc1. The van der Waals surface area contributed by atoms with Crippen LogP contribution in [-0.2, 0) is 6.42 Å². The van der Waals surface area contributed by atoms with E-state index in [1.54, 1.807) is 24.3 Å². The van der Waals surface area contributed by atoms with Crippen molar-refractivity contribution in [2.24, 2.45) is 0 Å². The number of carbonyl (C=O) groups is 1. The third-order valence-electron chi connectivity index (χ3n) is 3.83. The van der Waals surface area contributed by atoms with Crippen molar-refractivity contribution in [1.29, 1.82) is 0 Å². The Labute approximate surface area is 152 Å². The second kappa shape index (κ2) is 8.36. The highest BCUT2D eigenvalue weighted by Crippen LogP contribution is 2.16. The molecule has 0 radical (unpaired) electrons. The summed E-state index contributed by atoms with van der Waals surface area (Å²) < 4.78 is 0. The predicted molar refractivity (Wildman–Crippen MR) is 104 cm³/mol. The van der Waals surface area contributed by atoms with Gasteiger partial charge in [0.25, 0.3) is 5.91 Å². The summed E-state index contributed by atoms with van der Waals surface area (Å²) in [7, 11) is 0.